The zero-order chi connectivity index (χ0) is 46.6. The van der Waals surface area contributed by atoms with Crippen LogP contribution < -0.4 is 0 Å². The first-order chi connectivity index (χ1) is 28.6. The molecule has 0 aromatic rings. The Bertz CT molecular complexity index is 1510. The molecule has 37 heteroatoms. The highest BCUT2D eigenvalue weighted by atomic mass is 19.4. The molecule has 0 radical (unpaired) electrons. The van der Waals surface area contributed by atoms with Crippen molar-refractivity contribution >= 4 is 11.9 Å². The van der Waals surface area contributed by atoms with Gasteiger partial charge in [-0.3, -0.25) is 9.78 Å². The fraction of sp³-hybridized carbons (Fsp3) is 0.417. The summed E-state index contributed by atoms with van der Waals surface area (Å²) in [4.78, 5) is 37.5. The molecule has 0 spiro atoms. The monoisotopic (exact) mass is 944 g/mol. The average Bonchev–Trinajstić information content (AvgIpc) is 3.23. The third kappa shape index (κ3) is 20.4. The molecule has 0 amide bonds. The second kappa shape index (κ2) is 29.8. The number of hydrogen-bond donors (Lipinski definition) is 0. The fourth-order valence-corrected chi connectivity index (χ4v) is 2.44. The molecule has 0 N–H and O–H groups in total. The zero-order valence-corrected chi connectivity index (χ0v) is 28.5. The van der Waals surface area contributed by atoms with E-state index in [2.05, 4.69) is 108 Å². The van der Waals surface area contributed by atoms with Gasteiger partial charge in [0.25, 0.3) is 0 Å². The van der Waals surface area contributed by atoms with Gasteiger partial charge in [-0.1, -0.05) is 13.2 Å². The van der Waals surface area contributed by atoms with E-state index in [0.29, 0.717) is 12.2 Å². The normalized spacial score (nSPS) is 15.5. The summed E-state index contributed by atoms with van der Waals surface area (Å²) in [6, 6.07) is 0. The number of alkyl halides is 7. The Hall–Kier alpha value is -4.39. The Morgan fingerprint density at radius 2 is 0.967 bits per heavy atom. The molecule has 0 aromatic carbocycles. The number of carbonyl (C=O) groups excluding carboxylic acids is 2. The second-order valence-electron chi connectivity index (χ2n) is 8.85. The molecule has 0 saturated carbocycles. The Balaban J connectivity index is 5.59. The molecule has 61 heavy (non-hydrogen) atoms. The standard InChI is InChI=1S/C24H19F15O22/c1-3-13(40)46-50-54-58-60-56-52-48-44-10-11(45-49-53-57-61-59-55-51-47-14(41)4-2)9-42-6-5-7-43-22(34,23(35,36)24(37,38)39)21(33)20(32)19(31)18(30)17(29)16(28)15(27)12(26)8-25/h3-4,11H,1-2,5-10H2/b15-12+,17-16+,19-18+,21-20+. The van der Waals surface area contributed by atoms with Gasteiger partial charge in [-0.2, -0.15) is 31.2 Å². The van der Waals surface area contributed by atoms with Crippen molar-refractivity contribution in [1.29, 1.82) is 0 Å². The number of ether oxygens (including phenoxy) is 2. The van der Waals surface area contributed by atoms with E-state index < -0.39 is 122 Å². The van der Waals surface area contributed by atoms with Crippen molar-refractivity contribution in [2.24, 2.45) is 0 Å². The second-order valence-corrected chi connectivity index (χ2v) is 8.85. The van der Waals surface area contributed by atoms with Gasteiger partial charge in [0.05, 0.1) is 13.2 Å². The van der Waals surface area contributed by atoms with Gasteiger partial charge in [-0.25, -0.2) is 54.0 Å². The smallest absolute Gasteiger partial charge is 0.378 e. The molecular weight excluding hydrogens is 925 g/mol. The van der Waals surface area contributed by atoms with E-state index in [-0.39, 0.29) is 0 Å². The molecule has 2 atom stereocenters. The van der Waals surface area contributed by atoms with Crippen molar-refractivity contribution in [3.63, 3.8) is 0 Å². The maximum Gasteiger partial charge on any atom is 0.460 e. The Morgan fingerprint density at radius 1 is 0.541 bits per heavy atom. The molecule has 2 unspecified atom stereocenters. The first-order valence-corrected chi connectivity index (χ1v) is 14.1. The van der Waals surface area contributed by atoms with Crippen LogP contribution in [0.25, 0.3) is 0 Å². The van der Waals surface area contributed by atoms with Crippen molar-refractivity contribution < 1.29 is 175 Å². The molecule has 0 aromatic heterocycles. The summed E-state index contributed by atoms with van der Waals surface area (Å²) in [5.41, 5.74) is 0. The topological polar surface area (TPSA) is 219 Å². The van der Waals surface area contributed by atoms with Crippen molar-refractivity contribution in [3.8, 4) is 0 Å². The summed E-state index contributed by atoms with van der Waals surface area (Å²) in [5, 5.41) is 51.0. The Morgan fingerprint density at radius 3 is 1.43 bits per heavy atom. The number of halogens is 15. The van der Waals surface area contributed by atoms with Crippen LogP contribution in [0.1, 0.15) is 6.42 Å². The Labute approximate surface area is 323 Å². The van der Waals surface area contributed by atoms with Crippen LogP contribution in [0.3, 0.4) is 0 Å². The maximum absolute atomic E-state index is 15.0. The molecule has 22 nitrogen and oxygen atoms in total. The van der Waals surface area contributed by atoms with Crippen LogP contribution >= 0.6 is 0 Å². The van der Waals surface area contributed by atoms with Crippen LogP contribution in [-0.2, 0) is 109 Å². The molecule has 0 fully saturated rings. The van der Waals surface area contributed by atoms with E-state index in [1.54, 1.807) is 0 Å². The molecule has 0 aliphatic rings. The lowest BCUT2D eigenvalue weighted by atomic mass is 10.1. The van der Waals surface area contributed by atoms with Crippen molar-refractivity contribution in [1.82, 2.24) is 0 Å². The molecule has 0 bridgehead atoms. The molecule has 0 rings (SSSR count). The van der Waals surface area contributed by atoms with Gasteiger partial charge < -0.3 is 9.47 Å². The summed E-state index contributed by atoms with van der Waals surface area (Å²) in [5.74, 6) is -45.4. The molecule has 0 heterocycles. The predicted molar refractivity (Wildman–Crippen MR) is 138 cm³/mol. The van der Waals surface area contributed by atoms with Crippen LogP contribution in [0.2, 0.25) is 0 Å². The highest BCUT2D eigenvalue weighted by molar-refractivity contribution is 5.80. The zero-order valence-electron chi connectivity index (χ0n) is 28.5. The summed E-state index contributed by atoms with van der Waals surface area (Å²) in [7, 11) is 0. The lowest BCUT2D eigenvalue weighted by Gasteiger charge is -2.33. The Kier molecular flexibility index (Phi) is 27.6. The summed E-state index contributed by atoms with van der Waals surface area (Å²) >= 11 is 0. The maximum atomic E-state index is 15.0. The summed E-state index contributed by atoms with van der Waals surface area (Å²) < 4.78 is 212. The lowest BCUT2D eigenvalue weighted by Crippen LogP contribution is -2.56. The third-order valence-corrected chi connectivity index (χ3v) is 4.97. The quantitative estimate of drug-likeness (QED) is 0.0166. The number of allylic oxidation sites excluding steroid dienone is 7. The van der Waals surface area contributed by atoms with Crippen molar-refractivity contribution in [2.75, 3.05) is 33.1 Å². The van der Waals surface area contributed by atoms with E-state index in [1.165, 1.54) is 0 Å². The number of carbonyl (C=O) groups is 2. The molecule has 352 valence electrons. The van der Waals surface area contributed by atoms with E-state index in [0.717, 1.165) is 0 Å². The van der Waals surface area contributed by atoms with Crippen LogP contribution in [-0.4, -0.2) is 69.1 Å². The van der Waals surface area contributed by atoms with Gasteiger partial charge in [0.15, 0.2) is 23.3 Å². The van der Waals surface area contributed by atoms with Gasteiger partial charge in [0.2, 0.25) is 23.3 Å². The molecule has 0 aliphatic carbocycles. The largest absolute Gasteiger partial charge is 0.460 e. The minimum Gasteiger partial charge on any atom is -0.378 e. The predicted octanol–water partition coefficient (Wildman–Crippen LogP) is 6.58. The third-order valence-electron chi connectivity index (χ3n) is 4.97. The summed E-state index contributed by atoms with van der Waals surface area (Å²) in [6.07, 6.45) is -8.90. The fourth-order valence-electron chi connectivity index (χ4n) is 2.44. The number of hydrogen-bond acceptors (Lipinski definition) is 22. The lowest BCUT2D eigenvalue weighted by molar-refractivity contribution is -0.832. The molecule has 0 aliphatic heterocycles. The average molecular weight is 944 g/mol. The van der Waals surface area contributed by atoms with Gasteiger partial charge in [-0.15, -0.1) is 0 Å². The van der Waals surface area contributed by atoms with Gasteiger partial charge in [0, 0.05) is 59.1 Å². The summed E-state index contributed by atoms with van der Waals surface area (Å²) in [6.45, 7) is -1.50. The van der Waals surface area contributed by atoms with Gasteiger partial charge in [0.1, 0.15) is 19.4 Å². The van der Waals surface area contributed by atoms with Gasteiger partial charge >= 0.3 is 29.9 Å². The van der Waals surface area contributed by atoms with Crippen LogP contribution in [0.5, 0.6) is 0 Å². The minimum atomic E-state index is -7.24. The van der Waals surface area contributed by atoms with E-state index in [4.69, 9.17) is 4.74 Å². The van der Waals surface area contributed by atoms with Crippen LogP contribution in [0.4, 0.5) is 65.9 Å². The minimum absolute atomic E-state index is 0.608. The van der Waals surface area contributed by atoms with Crippen molar-refractivity contribution in [3.05, 3.63) is 71.9 Å². The van der Waals surface area contributed by atoms with Crippen LogP contribution in [0.15, 0.2) is 71.9 Å². The van der Waals surface area contributed by atoms with Crippen molar-refractivity contribution in [2.45, 2.75) is 30.5 Å². The highest BCUT2D eigenvalue weighted by Gasteiger charge is 2.75. The number of rotatable bonds is 34. The van der Waals surface area contributed by atoms with Crippen LogP contribution in [0, 0.1) is 0 Å². The molecular formula is C24H19F15O22. The first kappa shape index (κ1) is 56.6. The molecule has 0 saturated heterocycles. The first-order valence-electron chi connectivity index (χ1n) is 14.1. The van der Waals surface area contributed by atoms with Gasteiger partial charge in [-0.05, 0) is 36.7 Å². The van der Waals surface area contributed by atoms with E-state index >= 15 is 4.39 Å². The highest BCUT2D eigenvalue weighted by Crippen LogP contribution is 2.51. The van der Waals surface area contributed by atoms with E-state index in [1.807, 2.05) is 0 Å². The van der Waals surface area contributed by atoms with E-state index in [9.17, 15) is 71.1 Å². The SMILES string of the molecule is C=CC(=O)OOOOOOOOOCC(COCCCOC(F)(/C(F)=C(F)/C(F)=C(F)/C(F)=C(F)/C(F)=C(\F)CF)C(F)(F)C(F)(F)F)OOOOOOOOOC(=O)C=C.